The van der Waals surface area contributed by atoms with Crippen molar-refractivity contribution >= 4 is 12.6 Å². The van der Waals surface area contributed by atoms with Crippen LogP contribution in [0.25, 0.3) is 0 Å². The highest BCUT2D eigenvalue weighted by atomic mass is 32.1. The summed E-state index contributed by atoms with van der Waals surface area (Å²) in [5, 5.41) is 0.0278. The van der Waals surface area contributed by atoms with Gasteiger partial charge < -0.3 is 0 Å². The molecule has 0 aliphatic carbocycles. The van der Waals surface area contributed by atoms with Crippen LogP contribution in [-0.2, 0) is 0 Å². The fourth-order valence-electron chi connectivity index (χ4n) is 0. The molecule has 0 aromatic heterocycles. The molecule has 1 heteroatoms. The molecule has 0 saturated carbocycles. The second-order valence-electron chi connectivity index (χ2n) is 0.741. The fourth-order valence-corrected chi connectivity index (χ4v) is 0. The van der Waals surface area contributed by atoms with Crippen LogP contribution >= 0.6 is 12.6 Å². The summed E-state index contributed by atoms with van der Waals surface area (Å²) < 4.78 is 0. The van der Waals surface area contributed by atoms with Crippen LogP contribution in [0.2, 0.25) is 0 Å². The third-order valence-corrected chi connectivity index (χ3v) is 0. The van der Waals surface area contributed by atoms with Gasteiger partial charge in [-0.2, -0.15) is 12.6 Å². The average Bonchev–Trinajstić information content (AvgIpc) is 0.811. The number of hydrogen-bond donors (Lipinski definition) is 1. The molecule has 0 nitrogen and oxygen atoms in total. The van der Waals surface area contributed by atoms with Crippen molar-refractivity contribution in [3.8, 4) is 0 Å². The molecule has 0 heterocycles. The first-order chi connectivity index (χ1) is 1.73. The SMILES string of the molecule is [CH]C(C)S. The van der Waals surface area contributed by atoms with Crippen LogP contribution in [0.1, 0.15) is 6.92 Å². The minimum Gasteiger partial charge on any atom is -0.176 e. The Morgan fingerprint density at radius 3 is 2.00 bits per heavy atom. The zero-order valence-corrected chi connectivity index (χ0v) is 3.50. The normalized spacial score (nSPS) is 9.00. The van der Waals surface area contributed by atoms with Gasteiger partial charge in [-0.15, -0.1) is 0 Å². The molecule has 0 fully saturated rings. The van der Waals surface area contributed by atoms with Gasteiger partial charge in [-0.1, -0.05) is 6.92 Å². The van der Waals surface area contributed by atoms with Gasteiger partial charge in [0.25, 0.3) is 0 Å². The number of rotatable bonds is 0. The van der Waals surface area contributed by atoms with E-state index in [1.165, 1.54) is 0 Å². The highest BCUT2D eigenvalue weighted by Crippen LogP contribution is 1.82. The summed E-state index contributed by atoms with van der Waals surface area (Å²) in [6.07, 6.45) is 0. The zero-order valence-electron chi connectivity index (χ0n) is 2.60. The van der Waals surface area contributed by atoms with Crippen LogP contribution in [0.3, 0.4) is 0 Å². The Labute approximate surface area is 32.6 Å². The third kappa shape index (κ3) is 35.0. The molecule has 0 aromatic carbocycles. The third-order valence-electron chi connectivity index (χ3n) is 0. The Hall–Kier alpha value is 0.350. The molecule has 1 atom stereocenters. The van der Waals surface area contributed by atoms with Gasteiger partial charge in [0.15, 0.2) is 0 Å². The van der Waals surface area contributed by atoms with Crippen LogP contribution in [-0.4, -0.2) is 5.25 Å². The maximum atomic E-state index is 4.98. The Bertz CT molecular complexity index is 8.00. The molecular formula is C3H6S. The van der Waals surface area contributed by atoms with Crippen molar-refractivity contribution in [1.29, 1.82) is 0 Å². The largest absolute Gasteiger partial charge is 0.176 e. The topological polar surface area (TPSA) is 0 Å². The van der Waals surface area contributed by atoms with E-state index >= 15 is 0 Å². The zero-order chi connectivity index (χ0) is 3.58. The van der Waals surface area contributed by atoms with Gasteiger partial charge in [0.05, 0.1) is 0 Å². The van der Waals surface area contributed by atoms with Gasteiger partial charge in [-0.25, -0.2) is 0 Å². The summed E-state index contributed by atoms with van der Waals surface area (Å²) in [6, 6.07) is 0. The molecule has 4 heavy (non-hydrogen) atoms. The van der Waals surface area contributed by atoms with Crippen LogP contribution in [0.5, 0.6) is 0 Å². The molecule has 0 aliphatic heterocycles. The summed E-state index contributed by atoms with van der Waals surface area (Å²) in [6.45, 7) is 6.78. The second-order valence-corrected chi connectivity index (χ2v) is 1.56. The lowest BCUT2D eigenvalue weighted by Crippen LogP contribution is -1.72. The molecule has 2 radical (unpaired) electrons. The Kier molecular flexibility index (Phi) is 1.79. The molecule has 0 saturated heterocycles. The second kappa shape index (κ2) is 1.65. The lowest BCUT2D eigenvalue weighted by Gasteiger charge is -1.77. The molecule has 0 rings (SSSR count). The molecule has 0 spiro atoms. The van der Waals surface area contributed by atoms with E-state index in [1.807, 2.05) is 6.92 Å². The van der Waals surface area contributed by atoms with E-state index in [-0.39, 0.29) is 5.25 Å². The molecule has 24 valence electrons. The molecular weight excluding hydrogens is 68.1 g/mol. The monoisotopic (exact) mass is 74.0 g/mol. The van der Waals surface area contributed by atoms with Crippen LogP contribution in [0.4, 0.5) is 0 Å². The van der Waals surface area contributed by atoms with Crippen molar-refractivity contribution in [3.63, 3.8) is 0 Å². The quantitative estimate of drug-likeness (QED) is 0.407. The molecule has 0 aromatic rings. The molecule has 0 amide bonds. The summed E-state index contributed by atoms with van der Waals surface area (Å²) in [5.41, 5.74) is 0. The summed E-state index contributed by atoms with van der Waals surface area (Å²) in [5.74, 6) is 0. The van der Waals surface area contributed by atoms with E-state index in [0.29, 0.717) is 0 Å². The Morgan fingerprint density at radius 2 is 2.00 bits per heavy atom. The van der Waals surface area contributed by atoms with Gasteiger partial charge in [0, 0.05) is 5.25 Å². The van der Waals surface area contributed by atoms with Crippen molar-refractivity contribution < 1.29 is 0 Å². The van der Waals surface area contributed by atoms with E-state index in [2.05, 4.69) is 12.6 Å². The summed E-state index contributed by atoms with van der Waals surface area (Å²) >= 11 is 3.74. The van der Waals surface area contributed by atoms with Gasteiger partial charge in [0.1, 0.15) is 0 Å². The first-order valence-corrected chi connectivity index (χ1v) is 1.69. The van der Waals surface area contributed by atoms with Crippen LogP contribution in [0.15, 0.2) is 0 Å². The first-order valence-electron chi connectivity index (χ1n) is 1.17. The van der Waals surface area contributed by atoms with Gasteiger partial charge in [0.2, 0.25) is 0 Å². The van der Waals surface area contributed by atoms with Gasteiger partial charge in [-0.05, 0) is 6.92 Å². The Morgan fingerprint density at radius 1 is 2.00 bits per heavy atom. The molecule has 0 N–H and O–H groups in total. The highest BCUT2D eigenvalue weighted by molar-refractivity contribution is 7.81. The van der Waals surface area contributed by atoms with E-state index in [0.717, 1.165) is 0 Å². The van der Waals surface area contributed by atoms with E-state index in [1.54, 1.807) is 0 Å². The van der Waals surface area contributed by atoms with E-state index in [4.69, 9.17) is 6.92 Å². The van der Waals surface area contributed by atoms with Crippen molar-refractivity contribution in [2.45, 2.75) is 12.2 Å². The molecule has 0 aliphatic rings. The predicted octanol–water partition coefficient (Wildman–Crippen LogP) is 1.02. The van der Waals surface area contributed by atoms with E-state index < -0.39 is 0 Å². The Balaban J connectivity index is 2.32. The predicted molar refractivity (Wildman–Crippen MR) is 22.7 cm³/mol. The van der Waals surface area contributed by atoms with E-state index in [9.17, 15) is 0 Å². The number of hydrogen-bond acceptors (Lipinski definition) is 1. The molecule has 1 unspecified atom stereocenters. The maximum absolute atomic E-state index is 4.98. The maximum Gasteiger partial charge on any atom is 0.00230 e. The van der Waals surface area contributed by atoms with Crippen molar-refractivity contribution in [1.82, 2.24) is 0 Å². The van der Waals surface area contributed by atoms with Crippen molar-refractivity contribution in [3.05, 3.63) is 6.92 Å². The lowest BCUT2D eigenvalue weighted by atomic mass is 10.6. The summed E-state index contributed by atoms with van der Waals surface area (Å²) in [4.78, 5) is 0. The van der Waals surface area contributed by atoms with Crippen LogP contribution < -0.4 is 0 Å². The minimum absolute atomic E-state index is 0.0278. The van der Waals surface area contributed by atoms with Crippen molar-refractivity contribution in [2.75, 3.05) is 0 Å². The molecule has 0 bridgehead atoms. The van der Waals surface area contributed by atoms with Gasteiger partial charge >= 0.3 is 0 Å². The van der Waals surface area contributed by atoms with Crippen molar-refractivity contribution in [2.24, 2.45) is 0 Å². The average molecular weight is 74.1 g/mol. The number of thiol groups is 1. The first kappa shape index (κ1) is 4.35. The van der Waals surface area contributed by atoms with Crippen LogP contribution in [0, 0.1) is 6.92 Å². The van der Waals surface area contributed by atoms with Gasteiger partial charge in [-0.3, -0.25) is 0 Å². The summed E-state index contributed by atoms with van der Waals surface area (Å²) in [7, 11) is 0. The fraction of sp³-hybridized carbons (Fsp3) is 0.667. The highest BCUT2D eigenvalue weighted by Gasteiger charge is 1.69. The minimum atomic E-state index is 0.0278. The lowest BCUT2D eigenvalue weighted by molar-refractivity contribution is 1.26. The standard InChI is InChI=1S/C3H6S/c1-3(2)4/h1,3-4H,2H3. The smallest absolute Gasteiger partial charge is 0.00230 e.